The minimum absolute atomic E-state index is 0.0736. The molecule has 1 unspecified atom stereocenters. The Kier molecular flexibility index (Phi) is 5.14. The maximum atomic E-state index is 12.6. The Morgan fingerprint density at radius 1 is 1.52 bits per heavy atom. The first-order valence-electron chi connectivity index (χ1n) is 7.46. The third-order valence-corrected chi connectivity index (χ3v) is 3.54. The first-order valence-corrected chi connectivity index (χ1v) is 7.46. The summed E-state index contributed by atoms with van der Waals surface area (Å²) in [7, 11) is 0. The van der Waals surface area contributed by atoms with Gasteiger partial charge in [-0.2, -0.15) is 0 Å². The number of pyridine rings is 1. The number of nitrogens with one attached hydrogen (secondary N) is 2. The minimum Gasteiger partial charge on any atom is -0.370 e. The van der Waals surface area contributed by atoms with Crippen molar-refractivity contribution in [1.82, 2.24) is 15.2 Å². The third-order valence-electron chi connectivity index (χ3n) is 3.54. The van der Waals surface area contributed by atoms with Gasteiger partial charge in [0.2, 0.25) is 5.91 Å². The van der Waals surface area contributed by atoms with Gasteiger partial charge in [-0.15, -0.1) is 0 Å². The second kappa shape index (κ2) is 7.06. The van der Waals surface area contributed by atoms with E-state index < -0.39 is 0 Å². The van der Waals surface area contributed by atoms with Crippen LogP contribution in [0.15, 0.2) is 18.3 Å². The molecule has 21 heavy (non-hydrogen) atoms. The van der Waals surface area contributed by atoms with E-state index in [2.05, 4.69) is 22.5 Å². The zero-order valence-electron chi connectivity index (χ0n) is 12.6. The standard InChI is InChI=1S/C15H22N4O2/c1-3-6-16-13-10-11(5-7-17-13)15(21)19-9-8-18-14(20)12(19)4-2/h5,7,10,12H,3-4,6,8-9H2,1-2H3,(H,16,17)(H,18,20). The highest BCUT2D eigenvalue weighted by Crippen LogP contribution is 2.15. The second-order valence-corrected chi connectivity index (χ2v) is 5.07. The Labute approximate surface area is 124 Å². The summed E-state index contributed by atoms with van der Waals surface area (Å²) in [6.07, 6.45) is 3.23. The highest BCUT2D eigenvalue weighted by atomic mass is 16.2. The molecule has 2 N–H and O–H groups in total. The number of rotatable bonds is 5. The van der Waals surface area contributed by atoms with E-state index >= 15 is 0 Å². The van der Waals surface area contributed by atoms with Crippen LogP contribution >= 0.6 is 0 Å². The summed E-state index contributed by atoms with van der Waals surface area (Å²) in [5.41, 5.74) is 0.566. The molecule has 2 rings (SSSR count). The molecular weight excluding hydrogens is 268 g/mol. The quantitative estimate of drug-likeness (QED) is 0.856. The normalized spacial score (nSPS) is 18.3. The van der Waals surface area contributed by atoms with Crippen molar-refractivity contribution in [2.75, 3.05) is 25.0 Å². The molecule has 6 nitrogen and oxygen atoms in total. The molecule has 1 fully saturated rings. The van der Waals surface area contributed by atoms with Crippen molar-refractivity contribution < 1.29 is 9.59 Å². The van der Waals surface area contributed by atoms with Crippen molar-refractivity contribution in [1.29, 1.82) is 0 Å². The molecule has 0 aliphatic carbocycles. The van der Waals surface area contributed by atoms with Gasteiger partial charge in [-0.05, 0) is 25.0 Å². The van der Waals surface area contributed by atoms with Gasteiger partial charge in [-0.1, -0.05) is 13.8 Å². The van der Waals surface area contributed by atoms with E-state index in [0.717, 1.165) is 13.0 Å². The van der Waals surface area contributed by atoms with Gasteiger partial charge in [-0.3, -0.25) is 9.59 Å². The molecule has 1 aliphatic rings. The van der Waals surface area contributed by atoms with Gasteiger partial charge in [0.1, 0.15) is 11.9 Å². The fourth-order valence-corrected chi connectivity index (χ4v) is 2.44. The molecule has 0 spiro atoms. The molecule has 2 heterocycles. The number of hydrogen-bond acceptors (Lipinski definition) is 4. The van der Waals surface area contributed by atoms with Crippen molar-refractivity contribution in [2.24, 2.45) is 0 Å². The lowest BCUT2D eigenvalue weighted by molar-refractivity contribution is -0.127. The van der Waals surface area contributed by atoms with Crippen LogP contribution in [0.3, 0.4) is 0 Å². The summed E-state index contributed by atoms with van der Waals surface area (Å²) in [5, 5.41) is 5.97. The molecule has 1 aromatic heterocycles. The predicted molar refractivity (Wildman–Crippen MR) is 81.1 cm³/mol. The zero-order chi connectivity index (χ0) is 15.2. The summed E-state index contributed by atoms with van der Waals surface area (Å²) >= 11 is 0. The highest BCUT2D eigenvalue weighted by molar-refractivity contribution is 5.98. The summed E-state index contributed by atoms with van der Waals surface area (Å²) in [6, 6.07) is 3.06. The van der Waals surface area contributed by atoms with E-state index in [9.17, 15) is 9.59 Å². The van der Waals surface area contributed by atoms with E-state index in [1.54, 1.807) is 23.2 Å². The van der Waals surface area contributed by atoms with E-state index in [-0.39, 0.29) is 17.9 Å². The first-order chi connectivity index (χ1) is 10.2. The van der Waals surface area contributed by atoms with Crippen LogP contribution in [0, 0.1) is 0 Å². The molecule has 2 amide bonds. The predicted octanol–water partition coefficient (Wildman–Crippen LogP) is 1.25. The highest BCUT2D eigenvalue weighted by Gasteiger charge is 2.32. The van der Waals surface area contributed by atoms with Crippen LogP contribution in [0.2, 0.25) is 0 Å². The minimum atomic E-state index is -0.383. The molecule has 0 saturated carbocycles. The van der Waals surface area contributed by atoms with Gasteiger partial charge in [0.25, 0.3) is 5.91 Å². The lowest BCUT2D eigenvalue weighted by atomic mass is 10.1. The van der Waals surface area contributed by atoms with Crippen molar-refractivity contribution in [3.8, 4) is 0 Å². The smallest absolute Gasteiger partial charge is 0.254 e. The molecule has 0 bridgehead atoms. The molecule has 114 valence electrons. The Morgan fingerprint density at radius 2 is 2.33 bits per heavy atom. The van der Waals surface area contributed by atoms with Crippen LogP contribution in [-0.2, 0) is 4.79 Å². The van der Waals surface area contributed by atoms with Crippen LogP contribution in [-0.4, -0.2) is 47.4 Å². The number of carbonyl (C=O) groups is 2. The van der Waals surface area contributed by atoms with Gasteiger partial charge in [0, 0.05) is 31.4 Å². The first kappa shape index (κ1) is 15.3. The summed E-state index contributed by atoms with van der Waals surface area (Å²) in [4.78, 5) is 30.3. The number of carbonyl (C=O) groups excluding carboxylic acids is 2. The molecule has 1 aliphatic heterocycles. The average Bonchev–Trinajstić information content (AvgIpc) is 2.52. The van der Waals surface area contributed by atoms with Crippen LogP contribution in [0.25, 0.3) is 0 Å². The van der Waals surface area contributed by atoms with E-state index in [4.69, 9.17) is 0 Å². The van der Waals surface area contributed by atoms with Crippen molar-refractivity contribution in [3.63, 3.8) is 0 Å². The SMILES string of the molecule is CCCNc1cc(C(=O)N2CCNC(=O)C2CC)ccn1. The van der Waals surface area contributed by atoms with Crippen LogP contribution in [0.5, 0.6) is 0 Å². The Balaban J connectivity index is 2.16. The van der Waals surface area contributed by atoms with E-state index in [1.807, 2.05) is 6.92 Å². The summed E-state index contributed by atoms with van der Waals surface area (Å²) < 4.78 is 0. The largest absolute Gasteiger partial charge is 0.370 e. The molecule has 0 radical (unpaired) electrons. The monoisotopic (exact) mass is 290 g/mol. The topological polar surface area (TPSA) is 74.3 Å². The number of aromatic nitrogens is 1. The Hall–Kier alpha value is -2.11. The van der Waals surface area contributed by atoms with Crippen LogP contribution in [0.1, 0.15) is 37.0 Å². The van der Waals surface area contributed by atoms with Crippen LogP contribution < -0.4 is 10.6 Å². The van der Waals surface area contributed by atoms with Gasteiger partial charge in [-0.25, -0.2) is 4.98 Å². The third kappa shape index (κ3) is 3.51. The van der Waals surface area contributed by atoms with Gasteiger partial charge in [0.15, 0.2) is 0 Å². The maximum absolute atomic E-state index is 12.6. The van der Waals surface area contributed by atoms with Gasteiger partial charge in [0.05, 0.1) is 0 Å². The fourth-order valence-electron chi connectivity index (χ4n) is 2.44. The number of piperazine rings is 1. The fraction of sp³-hybridized carbons (Fsp3) is 0.533. The maximum Gasteiger partial charge on any atom is 0.254 e. The van der Waals surface area contributed by atoms with Crippen molar-refractivity contribution in [2.45, 2.75) is 32.7 Å². The number of nitrogens with zero attached hydrogens (tertiary/aromatic N) is 2. The molecule has 0 aromatic carbocycles. The molecule has 6 heteroatoms. The lowest BCUT2D eigenvalue weighted by Gasteiger charge is -2.34. The van der Waals surface area contributed by atoms with Gasteiger partial charge < -0.3 is 15.5 Å². The summed E-state index contributed by atoms with van der Waals surface area (Å²) in [6.45, 7) is 5.85. The summed E-state index contributed by atoms with van der Waals surface area (Å²) in [5.74, 6) is 0.506. The average molecular weight is 290 g/mol. The number of anilines is 1. The van der Waals surface area contributed by atoms with Gasteiger partial charge >= 0.3 is 0 Å². The Bertz CT molecular complexity index is 518. The molecule has 1 atom stereocenters. The van der Waals surface area contributed by atoms with Crippen molar-refractivity contribution >= 4 is 17.6 Å². The molecular formula is C15H22N4O2. The number of amides is 2. The molecule has 1 aromatic rings. The molecule has 1 saturated heterocycles. The number of hydrogen-bond donors (Lipinski definition) is 2. The lowest BCUT2D eigenvalue weighted by Crippen LogP contribution is -2.56. The second-order valence-electron chi connectivity index (χ2n) is 5.07. The van der Waals surface area contributed by atoms with Crippen molar-refractivity contribution in [3.05, 3.63) is 23.9 Å². The van der Waals surface area contributed by atoms with Crippen LogP contribution in [0.4, 0.5) is 5.82 Å². The van der Waals surface area contributed by atoms with E-state index in [1.165, 1.54) is 0 Å². The van der Waals surface area contributed by atoms with E-state index in [0.29, 0.717) is 30.9 Å². The Morgan fingerprint density at radius 3 is 3.05 bits per heavy atom. The zero-order valence-corrected chi connectivity index (χ0v) is 12.6.